The summed E-state index contributed by atoms with van der Waals surface area (Å²) >= 11 is 0. The molecule has 0 unspecified atom stereocenters. The molecule has 0 spiro atoms. The first-order valence-corrected chi connectivity index (χ1v) is 11.2. The second-order valence-electron chi connectivity index (χ2n) is 6.74. The molecule has 3 N–H and O–H groups in total. The number of carbonyl (C=O) groups excluding carboxylic acids is 2. The lowest BCUT2D eigenvalue weighted by molar-refractivity contribution is -0.152. The Balaban J connectivity index is 2.28. The normalized spacial score (nSPS) is 11.1. The van der Waals surface area contributed by atoms with Crippen LogP contribution in [0.5, 0.6) is 17.2 Å². The molecule has 0 aliphatic rings. The SMILES string of the molecule is CCCNS(=O)(=O)c1cc(Oc2c(C)cc(NC(=O)C(=O)OCC)cc2C)ccc1O. The van der Waals surface area contributed by atoms with E-state index in [4.69, 9.17) is 4.74 Å². The molecule has 0 saturated carbocycles. The average Bonchev–Trinajstić information content (AvgIpc) is 2.70. The molecule has 31 heavy (non-hydrogen) atoms. The number of aromatic hydroxyl groups is 1. The lowest BCUT2D eigenvalue weighted by Crippen LogP contribution is -2.25. The number of esters is 1. The summed E-state index contributed by atoms with van der Waals surface area (Å²) in [5.41, 5.74) is 1.67. The highest BCUT2D eigenvalue weighted by atomic mass is 32.2. The van der Waals surface area contributed by atoms with Crippen molar-refractivity contribution in [2.24, 2.45) is 0 Å². The molecule has 2 aromatic carbocycles. The van der Waals surface area contributed by atoms with E-state index in [-0.39, 0.29) is 29.5 Å². The van der Waals surface area contributed by atoms with Crippen molar-refractivity contribution < 1.29 is 32.6 Å². The first kappa shape index (κ1) is 24.2. The molecule has 0 saturated heterocycles. The summed E-state index contributed by atoms with van der Waals surface area (Å²) in [6.45, 7) is 7.24. The van der Waals surface area contributed by atoms with Crippen molar-refractivity contribution in [2.45, 2.75) is 39.0 Å². The van der Waals surface area contributed by atoms with Crippen LogP contribution in [0.2, 0.25) is 0 Å². The Bertz CT molecular complexity index is 1060. The fourth-order valence-electron chi connectivity index (χ4n) is 2.77. The van der Waals surface area contributed by atoms with Crippen LogP contribution in [0.1, 0.15) is 31.4 Å². The van der Waals surface area contributed by atoms with E-state index < -0.39 is 21.9 Å². The van der Waals surface area contributed by atoms with E-state index in [1.807, 2.05) is 6.92 Å². The Morgan fingerprint density at radius 2 is 1.71 bits per heavy atom. The lowest BCUT2D eigenvalue weighted by Gasteiger charge is -2.15. The topological polar surface area (TPSA) is 131 Å². The van der Waals surface area contributed by atoms with E-state index in [0.29, 0.717) is 29.0 Å². The molecule has 0 bridgehead atoms. The predicted molar refractivity (Wildman–Crippen MR) is 115 cm³/mol. The van der Waals surface area contributed by atoms with Gasteiger partial charge in [-0.2, -0.15) is 0 Å². The fraction of sp³-hybridized carbons (Fsp3) is 0.333. The zero-order chi connectivity index (χ0) is 23.2. The minimum Gasteiger partial charge on any atom is -0.507 e. The molecule has 0 radical (unpaired) electrons. The number of rotatable bonds is 8. The summed E-state index contributed by atoms with van der Waals surface area (Å²) in [5, 5.41) is 12.5. The first-order valence-electron chi connectivity index (χ1n) is 9.68. The second-order valence-corrected chi connectivity index (χ2v) is 8.48. The summed E-state index contributed by atoms with van der Waals surface area (Å²) in [6.07, 6.45) is 0.605. The van der Waals surface area contributed by atoms with Gasteiger partial charge in [-0.05, 0) is 62.6 Å². The molecule has 0 aromatic heterocycles. The third-order valence-corrected chi connectivity index (χ3v) is 5.65. The maximum atomic E-state index is 12.4. The number of aryl methyl sites for hydroxylation is 2. The molecule has 0 aliphatic heterocycles. The van der Waals surface area contributed by atoms with E-state index in [1.165, 1.54) is 18.2 Å². The minimum absolute atomic E-state index is 0.0926. The van der Waals surface area contributed by atoms with Gasteiger partial charge in [-0.15, -0.1) is 0 Å². The number of ether oxygens (including phenoxy) is 2. The standard InChI is InChI=1S/C21H26N2O7S/c1-5-9-22-31(27,28)18-12-16(7-8-17(18)24)30-19-13(3)10-15(11-14(19)4)23-20(25)21(26)29-6-2/h7-8,10-12,22,24H,5-6,9H2,1-4H3,(H,23,25). The third kappa shape index (κ3) is 6.19. The number of benzene rings is 2. The van der Waals surface area contributed by atoms with Gasteiger partial charge in [0.2, 0.25) is 10.0 Å². The summed E-state index contributed by atoms with van der Waals surface area (Å²) in [7, 11) is -3.89. The number of carbonyl (C=O) groups is 2. The number of anilines is 1. The van der Waals surface area contributed by atoms with Crippen molar-refractivity contribution in [1.82, 2.24) is 4.72 Å². The van der Waals surface area contributed by atoms with Gasteiger partial charge in [0.1, 0.15) is 22.1 Å². The number of phenolic OH excluding ortho intramolecular Hbond substituents is 1. The smallest absolute Gasteiger partial charge is 0.397 e. The molecule has 1 amide bonds. The third-order valence-electron chi connectivity index (χ3n) is 4.16. The molecular weight excluding hydrogens is 424 g/mol. The van der Waals surface area contributed by atoms with Crippen LogP contribution in [0.3, 0.4) is 0 Å². The Hall–Kier alpha value is -3.11. The van der Waals surface area contributed by atoms with Crippen molar-refractivity contribution in [3.05, 3.63) is 41.5 Å². The van der Waals surface area contributed by atoms with E-state index in [1.54, 1.807) is 32.9 Å². The molecule has 0 heterocycles. The van der Waals surface area contributed by atoms with Gasteiger partial charge in [0.05, 0.1) is 6.61 Å². The van der Waals surface area contributed by atoms with Crippen LogP contribution in [0.25, 0.3) is 0 Å². The zero-order valence-electron chi connectivity index (χ0n) is 17.8. The lowest BCUT2D eigenvalue weighted by atomic mass is 10.1. The largest absolute Gasteiger partial charge is 0.507 e. The average molecular weight is 451 g/mol. The van der Waals surface area contributed by atoms with Gasteiger partial charge in [0.15, 0.2) is 0 Å². The Morgan fingerprint density at radius 1 is 1.06 bits per heavy atom. The molecule has 10 heteroatoms. The molecule has 2 aromatic rings. The van der Waals surface area contributed by atoms with Crippen LogP contribution >= 0.6 is 0 Å². The summed E-state index contributed by atoms with van der Waals surface area (Å²) in [6, 6.07) is 7.15. The van der Waals surface area contributed by atoms with Gasteiger partial charge in [0, 0.05) is 18.3 Å². The molecule has 0 aliphatic carbocycles. The number of nitrogens with one attached hydrogen (secondary N) is 2. The highest BCUT2D eigenvalue weighted by Gasteiger charge is 2.20. The van der Waals surface area contributed by atoms with Crippen LogP contribution in [0.4, 0.5) is 5.69 Å². The van der Waals surface area contributed by atoms with Crippen molar-refractivity contribution in [2.75, 3.05) is 18.5 Å². The number of hydrogen-bond donors (Lipinski definition) is 3. The highest BCUT2D eigenvalue weighted by molar-refractivity contribution is 7.89. The number of phenols is 1. The second kappa shape index (κ2) is 10.3. The number of amides is 1. The summed E-state index contributed by atoms with van der Waals surface area (Å²) < 4.78 is 37.7. The van der Waals surface area contributed by atoms with Crippen LogP contribution in [-0.4, -0.2) is 38.6 Å². The van der Waals surface area contributed by atoms with Crippen molar-refractivity contribution in [3.63, 3.8) is 0 Å². The molecule has 168 valence electrons. The van der Waals surface area contributed by atoms with Gasteiger partial charge >= 0.3 is 11.9 Å². The fourth-order valence-corrected chi connectivity index (χ4v) is 4.01. The highest BCUT2D eigenvalue weighted by Crippen LogP contribution is 2.34. The predicted octanol–water partition coefficient (Wildman–Crippen LogP) is 2.99. The van der Waals surface area contributed by atoms with Gasteiger partial charge in [-0.1, -0.05) is 6.92 Å². The zero-order valence-corrected chi connectivity index (χ0v) is 18.6. The van der Waals surface area contributed by atoms with Gasteiger partial charge in [-0.3, -0.25) is 4.79 Å². The van der Waals surface area contributed by atoms with Gasteiger partial charge in [-0.25, -0.2) is 17.9 Å². The summed E-state index contributed by atoms with van der Waals surface area (Å²) in [4.78, 5) is 23.0. The summed E-state index contributed by atoms with van der Waals surface area (Å²) in [5.74, 6) is -1.59. The molecule has 9 nitrogen and oxygen atoms in total. The monoisotopic (exact) mass is 450 g/mol. The minimum atomic E-state index is -3.89. The van der Waals surface area contributed by atoms with Crippen molar-refractivity contribution >= 4 is 27.6 Å². The van der Waals surface area contributed by atoms with Gasteiger partial charge in [0.25, 0.3) is 0 Å². The van der Waals surface area contributed by atoms with Crippen LogP contribution < -0.4 is 14.8 Å². The quantitative estimate of drug-likeness (QED) is 0.416. The Kier molecular flexibility index (Phi) is 8.01. The van der Waals surface area contributed by atoms with Crippen LogP contribution in [-0.2, 0) is 24.3 Å². The molecule has 0 atom stereocenters. The number of sulfonamides is 1. The maximum Gasteiger partial charge on any atom is 0.397 e. The van der Waals surface area contributed by atoms with E-state index >= 15 is 0 Å². The van der Waals surface area contributed by atoms with Crippen LogP contribution in [0.15, 0.2) is 35.2 Å². The molecule has 0 fully saturated rings. The van der Waals surface area contributed by atoms with Crippen LogP contribution in [0, 0.1) is 13.8 Å². The first-order chi connectivity index (χ1) is 14.6. The van der Waals surface area contributed by atoms with Gasteiger partial charge < -0.3 is 19.9 Å². The maximum absolute atomic E-state index is 12.4. The Labute approximate surface area is 181 Å². The van der Waals surface area contributed by atoms with Crippen molar-refractivity contribution in [3.8, 4) is 17.2 Å². The number of hydrogen-bond acceptors (Lipinski definition) is 7. The van der Waals surface area contributed by atoms with Crippen molar-refractivity contribution in [1.29, 1.82) is 0 Å². The molecule has 2 rings (SSSR count). The molecular formula is C21H26N2O7S. The van der Waals surface area contributed by atoms with E-state index in [2.05, 4.69) is 14.8 Å². The van der Waals surface area contributed by atoms with E-state index in [0.717, 1.165) is 0 Å². The van der Waals surface area contributed by atoms with E-state index in [9.17, 15) is 23.1 Å². The Morgan fingerprint density at radius 3 is 2.29 bits per heavy atom.